The molecule has 0 radical (unpaired) electrons. The van der Waals surface area contributed by atoms with E-state index in [1.165, 1.54) is 0 Å². The molecule has 0 fully saturated rings. The topological polar surface area (TPSA) is 74.7 Å². The summed E-state index contributed by atoms with van der Waals surface area (Å²) in [5.74, 6) is -0.840. The molecule has 19 heavy (non-hydrogen) atoms. The number of pyridine rings is 1. The molecule has 2 rings (SSSR count). The maximum Gasteiger partial charge on any atom is 0.357 e. The number of rotatable bonds is 4. The predicted molar refractivity (Wildman–Crippen MR) is 65.3 cm³/mol. The fourth-order valence-electron chi connectivity index (χ4n) is 1.82. The van der Waals surface area contributed by atoms with Gasteiger partial charge < -0.3 is 14.2 Å². The second kappa shape index (κ2) is 5.69. The van der Waals surface area contributed by atoms with Crippen LogP contribution in [0.15, 0.2) is 6.07 Å². The van der Waals surface area contributed by atoms with Gasteiger partial charge >= 0.3 is 11.9 Å². The first-order valence-corrected chi connectivity index (χ1v) is 6.18. The van der Waals surface area contributed by atoms with E-state index in [1.54, 1.807) is 19.9 Å². The number of aromatic nitrogens is 1. The van der Waals surface area contributed by atoms with E-state index in [9.17, 15) is 9.59 Å². The molecule has 0 aromatic carbocycles. The third-order valence-corrected chi connectivity index (χ3v) is 2.64. The third kappa shape index (κ3) is 2.67. The lowest BCUT2D eigenvalue weighted by Gasteiger charge is -2.09. The Morgan fingerprint density at radius 3 is 2.63 bits per heavy atom. The Bertz CT molecular complexity index is 467. The summed E-state index contributed by atoms with van der Waals surface area (Å²) in [7, 11) is 0. The van der Waals surface area contributed by atoms with Crippen LogP contribution in [0.25, 0.3) is 0 Å². The smallest absolute Gasteiger partial charge is 0.357 e. The molecule has 0 N–H and O–H groups in total. The van der Waals surface area contributed by atoms with Gasteiger partial charge in [-0.2, -0.15) is 0 Å². The Morgan fingerprint density at radius 2 is 1.95 bits per heavy atom. The SMILES string of the molecule is CCOC(=O)c1cc2c(nc1C(=O)OCC)OCC2. The van der Waals surface area contributed by atoms with Crippen LogP contribution in [-0.2, 0) is 15.9 Å². The van der Waals surface area contributed by atoms with Crippen LogP contribution in [0.5, 0.6) is 5.88 Å². The van der Waals surface area contributed by atoms with Gasteiger partial charge in [0.1, 0.15) is 0 Å². The van der Waals surface area contributed by atoms with Crippen LogP contribution in [0.3, 0.4) is 0 Å². The highest BCUT2D eigenvalue weighted by Gasteiger charge is 2.26. The van der Waals surface area contributed by atoms with Crippen molar-refractivity contribution in [3.63, 3.8) is 0 Å². The van der Waals surface area contributed by atoms with Gasteiger partial charge in [-0.05, 0) is 19.9 Å². The van der Waals surface area contributed by atoms with Crippen molar-refractivity contribution in [2.75, 3.05) is 19.8 Å². The standard InChI is InChI=1S/C13H15NO5/c1-3-17-12(15)9-7-8-5-6-19-11(8)14-10(9)13(16)18-4-2/h7H,3-6H2,1-2H3. The lowest BCUT2D eigenvalue weighted by atomic mass is 10.1. The highest BCUT2D eigenvalue weighted by atomic mass is 16.5. The van der Waals surface area contributed by atoms with E-state index >= 15 is 0 Å². The number of nitrogens with zero attached hydrogens (tertiary/aromatic N) is 1. The van der Waals surface area contributed by atoms with E-state index < -0.39 is 11.9 Å². The van der Waals surface area contributed by atoms with Crippen molar-refractivity contribution in [1.82, 2.24) is 4.98 Å². The first kappa shape index (κ1) is 13.3. The number of ether oxygens (including phenoxy) is 3. The van der Waals surface area contributed by atoms with E-state index in [2.05, 4.69) is 4.98 Å². The van der Waals surface area contributed by atoms with Crippen LogP contribution in [0.1, 0.15) is 40.3 Å². The molecule has 0 atom stereocenters. The minimum atomic E-state index is -0.649. The van der Waals surface area contributed by atoms with Gasteiger partial charge in [-0.1, -0.05) is 0 Å². The van der Waals surface area contributed by atoms with Crippen LogP contribution in [-0.4, -0.2) is 36.7 Å². The molecule has 1 aromatic rings. The fourth-order valence-corrected chi connectivity index (χ4v) is 1.82. The summed E-state index contributed by atoms with van der Waals surface area (Å²) in [4.78, 5) is 27.8. The maximum absolute atomic E-state index is 11.9. The molecule has 0 saturated heterocycles. The molecular formula is C13H15NO5. The third-order valence-electron chi connectivity index (χ3n) is 2.64. The molecule has 0 unspecified atom stereocenters. The summed E-state index contributed by atoms with van der Waals surface area (Å²) in [6.45, 7) is 4.32. The van der Waals surface area contributed by atoms with Gasteiger partial charge in [0, 0.05) is 12.0 Å². The van der Waals surface area contributed by atoms with E-state index in [4.69, 9.17) is 14.2 Å². The highest BCUT2D eigenvalue weighted by Crippen LogP contribution is 2.26. The Kier molecular flexibility index (Phi) is 3.99. The summed E-state index contributed by atoms with van der Waals surface area (Å²) in [5, 5.41) is 0. The Morgan fingerprint density at radius 1 is 1.26 bits per heavy atom. The quantitative estimate of drug-likeness (QED) is 0.765. The van der Waals surface area contributed by atoms with Crippen molar-refractivity contribution < 1.29 is 23.8 Å². The normalized spacial score (nSPS) is 12.5. The summed E-state index contributed by atoms with van der Waals surface area (Å²) >= 11 is 0. The van der Waals surface area contributed by atoms with E-state index in [0.717, 1.165) is 5.56 Å². The number of hydrogen-bond donors (Lipinski definition) is 0. The van der Waals surface area contributed by atoms with Crippen molar-refractivity contribution >= 4 is 11.9 Å². The van der Waals surface area contributed by atoms with Crippen molar-refractivity contribution in [2.45, 2.75) is 20.3 Å². The van der Waals surface area contributed by atoms with E-state index in [0.29, 0.717) is 18.9 Å². The predicted octanol–water partition coefficient (Wildman–Crippen LogP) is 1.37. The molecule has 0 spiro atoms. The zero-order valence-corrected chi connectivity index (χ0v) is 10.9. The van der Waals surface area contributed by atoms with Crippen molar-refractivity contribution in [2.24, 2.45) is 0 Å². The molecule has 6 nitrogen and oxygen atoms in total. The van der Waals surface area contributed by atoms with E-state index in [-0.39, 0.29) is 24.5 Å². The van der Waals surface area contributed by atoms with Gasteiger partial charge in [0.15, 0.2) is 5.69 Å². The Labute approximate surface area is 110 Å². The Balaban J connectivity index is 2.43. The van der Waals surface area contributed by atoms with Crippen molar-refractivity contribution in [3.05, 3.63) is 22.9 Å². The fraction of sp³-hybridized carbons (Fsp3) is 0.462. The number of hydrogen-bond acceptors (Lipinski definition) is 6. The van der Waals surface area contributed by atoms with Crippen LogP contribution >= 0.6 is 0 Å². The van der Waals surface area contributed by atoms with Crippen LogP contribution in [0, 0.1) is 0 Å². The first-order chi connectivity index (χ1) is 9.17. The van der Waals surface area contributed by atoms with Gasteiger partial charge in [0.05, 0.1) is 25.4 Å². The molecule has 102 valence electrons. The number of esters is 2. The van der Waals surface area contributed by atoms with Gasteiger partial charge in [0.25, 0.3) is 0 Å². The molecule has 0 bridgehead atoms. The summed E-state index contributed by atoms with van der Waals surface area (Å²) in [6.07, 6.45) is 0.665. The second-order valence-corrected chi connectivity index (χ2v) is 3.89. The Hall–Kier alpha value is -2.11. The zero-order chi connectivity index (χ0) is 13.8. The molecule has 0 amide bonds. The highest BCUT2D eigenvalue weighted by molar-refractivity contribution is 6.02. The molecule has 1 aromatic heterocycles. The molecule has 2 heterocycles. The van der Waals surface area contributed by atoms with Crippen LogP contribution in [0.2, 0.25) is 0 Å². The summed E-state index contributed by atoms with van der Waals surface area (Å²) < 4.78 is 15.1. The monoisotopic (exact) mass is 265 g/mol. The number of carbonyl (C=O) groups is 2. The molecular weight excluding hydrogens is 250 g/mol. The van der Waals surface area contributed by atoms with Gasteiger partial charge in [0.2, 0.25) is 5.88 Å². The second-order valence-electron chi connectivity index (χ2n) is 3.89. The average molecular weight is 265 g/mol. The molecule has 0 aliphatic carbocycles. The first-order valence-electron chi connectivity index (χ1n) is 6.18. The lowest BCUT2D eigenvalue weighted by Crippen LogP contribution is -2.16. The number of fused-ring (bicyclic) bond motifs is 1. The lowest BCUT2D eigenvalue weighted by molar-refractivity contribution is 0.0472. The largest absolute Gasteiger partial charge is 0.477 e. The summed E-state index contributed by atoms with van der Waals surface area (Å²) in [5.41, 5.74) is 0.876. The number of carbonyl (C=O) groups excluding carboxylic acids is 2. The van der Waals surface area contributed by atoms with Crippen molar-refractivity contribution in [1.29, 1.82) is 0 Å². The summed E-state index contributed by atoms with van der Waals surface area (Å²) in [6, 6.07) is 1.60. The van der Waals surface area contributed by atoms with Gasteiger partial charge in [-0.15, -0.1) is 0 Å². The molecule has 1 aliphatic rings. The van der Waals surface area contributed by atoms with Gasteiger partial charge in [-0.25, -0.2) is 14.6 Å². The van der Waals surface area contributed by atoms with Crippen molar-refractivity contribution in [3.8, 4) is 5.88 Å². The van der Waals surface area contributed by atoms with E-state index in [1.807, 2.05) is 0 Å². The molecule has 0 saturated carbocycles. The van der Waals surface area contributed by atoms with Crippen LogP contribution < -0.4 is 4.74 Å². The average Bonchev–Trinajstić information content (AvgIpc) is 2.85. The van der Waals surface area contributed by atoms with Gasteiger partial charge in [-0.3, -0.25) is 0 Å². The minimum absolute atomic E-state index is 0.0547. The maximum atomic E-state index is 11.9. The zero-order valence-electron chi connectivity index (χ0n) is 10.9. The van der Waals surface area contributed by atoms with Crippen LogP contribution in [0.4, 0.5) is 0 Å². The minimum Gasteiger partial charge on any atom is -0.477 e. The molecule has 1 aliphatic heterocycles. The molecule has 6 heteroatoms.